The maximum atomic E-state index is 12.8. The maximum Gasteiger partial charge on any atom is 0.346 e. The summed E-state index contributed by atoms with van der Waals surface area (Å²) in [5.74, 6) is 0.918. The predicted octanol–water partition coefficient (Wildman–Crippen LogP) is 3.92. The Labute approximate surface area is 173 Å². The molecule has 8 heteroatoms. The van der Waals surface area contributed by atoms with Gasteiger partial charge in [-0.05, 0) is 48.1 Å². The highest BCUT2D eigenvalue weighted by Crippen LogP contribution is 2.34. The second kappa shape index (κ2) is 8.24. The average molecular weight is 413 g/mol. The van der Waals surface area contributed by atoms with Crippen molar-refractivity contribution in [1.29, 1.82) is 0 Å². The lowest BCUT2D eigenvalue weighted by Crippen LogP contribution is -2.48. The summed E-state index contributed by atoms with van der Waals surface area (Å²) in [7, 11) is 1.57. The smallest absolute Gasteiger partial charge is 0.346 e. The summed E-state index contributed by atoms with van der Waals surface area (Å²) in [5, 5.41) is 9.94. The van der Waals surface area contributed by atoms with Crippen molar-refractivity contribution in [3.8, 4) is 11.5 Å². The monoisotopic (exact) mass is 413 g/mol. The van der Waals surface area contributed by atoms with Crippen LogP contribution in [0.5, 0.6) is 11.5 Å². The molecular weight excluding hydrogens is 390 g/mol. The van der Waals surface area contributed by atoms with Crippen LogP contribution >= 0.6 is 11.3 Å². The van der Waals surface area contributed by atoms with Crippen molar-refractivity contribution in [2.24, 2.45) is 5.10 Å². The molecule has 7 nitrogen and oxygen atoms in total. The van der Waals surface area contributed by atoms with E-state index < -0.39 is 11.6 Å². The molecule has 1 saturated heterocycles. The number of carbonyl (C=O) groups excluding carboxylic acids is 2. The summed E-state index contributed by atoms with van der Waals surface area (Å²) in [5.41, 5.74) is -0.0698. The summed E-state index contributed by atoms with van der Waals surface area (Å²) in [6, 6.07) is 8.90. The molecule has 1 aliphatic carbocycles. The highest BCUT2D eigenvalue weighted by atomic mass is 32.1. The number of hydrazone groups is 1. The molecule has 1 N–H and O–H groups in total. The van der Waals surface area contributed by atoms with Gasteiger partial charge in [0.05, 0.1) is 13.3 Å². The number of rotatable bonds is 6. The van der Waals surface area contributed by atoms with Gasteiger partial charge in [0.2, 0.25) is 0 Å². The number of thiophene rings is 1. The molecule has 2 fully saturated rings. The van der Waals surface area contributed by atoms with Crippen LogP contribution in [-0.4, -0.2) is 35.8 Å². The number of imide groups is 1. The molecule has 1 saturated carbocycles. The fourth-order valence-corrected chi connectivity index (χ4v) is 4.37. The van der Waals surface area contributed by atoms with E-state index in [1.807, 2.05) is 23.6 Å². The normalized spacial score (nSPS) is 18.4. The fraction of sp³-hybridized carbons (Fsp3) is 0.381. The lowest BCUT2D eigenvalue weighted by Gasteiger charge is -2.29. The highest BCUT2D eigenvalue weighted by Gasteiger charge is 2.51. The van der Waals surface area contributed by atoms with E-state index in [2.05, 4.69) is 10.4 Å². The Morgan fingerprint density at radius 2 is 2.03 bits per heavy atom. The molecule has 2 aliphatic rings. The number of ether oxygens (including phenoxy) is 2. The Kier molecular flexibility index (Phi) is 5.53. The minimum absolute atomic E-state index is 0.263. The lowest BCUT2D eigenvalue weighted by molar-refractivity contribution is -0.132. The predicted molar refractivity (Wildman–Crippen MR) is 110 cm³/mol. The van der Waals surface area contributed by atoms with Crippen molar-refractivity contribution in [1.82, 2.24) is 10.3 Å². The van der Waals surface area contributed by atoms with Gasteiger partial charge in [0.25, 0.3) is 5.91 Å². The molecule has 4 rings (SSSR count). The van der Waals surface area contributed by atoms with Gasteiger partial charge in [-0.2, -0.15) is 5.10 Å². The Morgan fingerprint density at radius 1 is 1.21 bits per heavy atom. The van der Waals surface area contributed by atoms with Gasteiger partial charge in [-0.3, -0.25) is 4.79 Å². The van der Waals surface area contributed by atoms with Gasteiger partial charge in [0, 0.05) is 4.88 Å². The third-order valence-electron chi connectivity index (χ3n) is 5.31. The van der Waals surface area contributed by atoms with Crippen LogP contribution in [0.4, 0.5) is 4.79 Å². The molecule has 152 valence electrons. The molecule has 0 bridgehead atoms. The lowest BCUT2D eigenvalue weighted by atomic mass is 9.82. The van der Waals surface area contributed by atoms with E-state index in [1.54, 1.807) is 30.6 Å². The summed E-state index contributed by atoms with van der Waals surface area (Å²) in [4.78, 5) is 26.2. The number of hydrogen-bond acceptors (Lipinski definition) is 6. The summed E-state index contributed by atoms with van der Waals surface area (Å²) >= 11 is 1.63. The Hall–Kier alpha value is -2.87. The molecule has 1 spiro atoms. The van der Waals surface area contributed by atoms with E-state index in [-0.39, 0.29) is 5.91 Å². The van der Waals surface area contributed by atoms with E-state index in [0.29, 0.717) is 36.5 Å². The van der Waals surface area contributed by atoms with Crippen LogP contribution in [0.25, 0.3) is 0 Å². The zero-order valence-electron chi connectivity index (χ0n) is 16.2. The zero-order valence-corrected chi connectivity index (χ0v) is 17.0. The van der Waals surface area contributed by atoms with E-state index in [4.69, 9.17) is 9.47 Å². The van der Waals surface area contributed by atoms with Crippen LogP contribution < -0.4 is 14.8 Å². The molecule has 0 unspecified atom stereocenters. The SMILES string of the molecule is COc1cc(/C=N\N2C(=O)NC3(CCCCC3)C2=O)ccc1OCc1cccs1. The van der Waals surface area contributed by atoms with Crippen molar-refractivity contribution in [3.63, 3.8) is 0 Å². The molecule has 2 heterocycles. The summed E-state index contributed by atoms with van der Waals surface area (Å²) < 4.78 is 11.2. The third kappa shape index (κ3) is 3.98. The van der Waals surface area contributed by atoms with Crippen LogP contribution in [0.3, 0.4) is 0 Å². The van der Waals surface area contributed by atoms with Crippen LogP contribution in [0.1, 0.15) is 42.5 Å². The Bertz CT molecular complexity index is 920. The first-order chi connectivity index (χ1) is 14.1. The minimum Gasteiger partial charge on any atom is -0.493 e. The van der Waals surface area contributed by atoms with Crippen LogP contribution in [0, 0.1) is 0 Å². The van der Waals surface area contributed by atoms with E-state index in [9.17, 15) is 9.59 Å². The van der Waals surface area contributed by atoms with Crippen LogP contribution in [-0.2, 0) is 11.4 Å². The largest absolute Gasteiger partial charge is 0.493 e. The number of carbonyl (C=O) groups is 2. The van der Waals surface area contributed by atoms with Gasteiger partial charge in [-0.15, -0.1) is 16.3 Å². The summed E-state index contributed by atoms with van der Waals surface area (Å²) in [6.45, 7) is 0.464. The first kappa shape index (κ1) is 19.4. The van der Waals surface area contributed by atoms with Gasteiger partial charge in [-0.1, -0.05) is 25.3 Å². The molecule has 1 aromatic carbocycles. The van der Waals surface area contributed by atoms with E-state index in [0.717, 1.165) is 29.1 Å². The van der Waals surface area contributed by atoms with Gasteiger partial charge in [0.15, 0.2) is 11.5 Å². The number of nitrogens with one attached hydrogen (secondary N) is 1. The van der Waals surface area contributed by atoms with Crippen molar-refractivity contribution in [3.05, 3.63) is 46.2 Å². The molecule has 2 aromatic rings. The first-order valence-corrected chi connectivity index (χ1v) is 10.5. The quantitative estimate of drug-likeness (QED) is 0.575. The van der Waals surface area contributed by atoms with E-state index >= 15 is 0 Å². The van der Waals surface area contributed by atoms with Crippen molar-refractivity contribution in [2.75, 3.05) is 7.11 Å². The van der Waals surface area contributed by atoms with Crippen molar-refractivity contribution >= 4 is 29.5 Å². The first-order valence-electron chi connectivity index (χ1n) is 9.65. The standard InChI is InChI=1S/C21H23N3O4S/c1-27-18-12-15(7-8-17(18)28-14-16-6-5-11-29-16)13-22-24-19(25)21(23-20(24)26)9-3-2-4-10-21/h5-8,11-13H,2-4,9-10,14H2,1H3,(H,23,26)/b22-13-. The third-order valence-corrected chi connectivity index (χ3v) is 6.16. The van der Waals surface area contributed by atoms with Crippen LogP contribution in [0.15, 0.2) is 40.8 Å². The number of amides is 3. The number of nitrogens with zero attached hydrogens (tertiary/aromatic N) is 2. The van der Waals surface area contributed by atoms with Crippen molar-refractivity contribution in [2.45, 2.75) is 44.2 Å². The molecule has 1 aliphatic heterocycles. The second-order valence-corrected chi connectivity index (χ2v) is 8.25. The van der Waals surface area contributed by atoms with E-state index in [1.165, 1.54) is 6.21 Å². The maximum absolute atomic E-state index is 12.8. The molecule has 29 heavy (non-hydrogen) atoms. The van der Waals surface area contributed by atoms with Crippen molar-refractivity contribution < 1.29 is 19.1 Å². The fourth-order valence-electron chi connectivity index (χ4n) is 3.76. The van der Waals surface area contributed by atoms with Crippen LogP contribution in [0.2, 0.25) is 0 Å². The number of methoxy groups -OCH3 is 1. The minimum atomic E-state index is -0.774. The summed E-state index contributed by atoms with van der Waals surface area (Å²) in [6.07, 6.45) is 5.81. The van der Waals surface area contributed by atoms with Gasteiger partial charge in [0.1, 0.15) is 12.1 Å². The topological polar surface area (TPSA) is 80.2 Å². The molecule has 3 amide bonds. The number of urea groups is 1. The molecule has 0 radical (unpaired) electrons. The molecule has 0 atom stereocenters. The van der Waals surface area contributed by atoms with Gasteiger partial charge in [-0.25, -0.2) is 4.79 Å². The van der Waals surface area contributed by atoms with Gasteiger partial charge < -0.3 is 14.8 Å². The zero-order chi connectivity index (χ0) is 20.3. The molecular formula is C21H23N3O4S. The highest BCUT2D eigenvalue weighted by molar-refractivity contribution is 7.09. The Balaban J connectivity index is 1.46. The number of hydrogen-bond donors (Lipinski definition) is 1. The average Bonchev–Trinajstić information content (AvgIpc) is 3.33. The Morgan fingerprint density at radius 3 is 2.76 bits per heavy atom. The van der Waals surface area contributed by atoms with Gasteiger partial charge >= 0.3 is 6.03 Å². The second-order valence-electron chi connectivity index (χ2n) is 7.21. The number of benzene rings is 1. The molecule has 1 aromatic heterocycles.